The van der Waals surface area contributed by atoms with Crippen molar-refractivity contribution in [3.8, 4) is 11.5 Å². The zero-order valence-corrected chi connectivity index (χ0v) is 15.0. The summed E-state index contributed by atoms with van der Waals surface area (Å²) in [5.74, 6) is -0.0380. The number of aryl methyl sites for hydroxylation is 1. The second-order valence-electron chi connectivity index (χ2n) is 5.81. The molecule has 0 spiro atoms. The van der Waals surface area contributed by atoms with Crippen molar-refractivity contribution in [1.29, 1.82) is 0 Å². The summed E-state index contributed by atoms with van der Waals surface area (Å²) in [6.07, 6.45) is 4.48. The van der Waals surface area contributed by atoms with E-state index >= 15 is 0 Å². The van der Waals surface area contributed by atoms with Crippen LogP contribution in [-0.2, 0) is 0 Å². The number of para-hydroxylation sites is 1. The molecule has 0 aliphatic carbocycles. The molecule has 1 aromatic heterocycles. The molecule has 5 nitrogen and oxygen atoms in total. The first kappa shape index (κ1) is 18.2. The van der Waals surface area contributed by atoms with Crippen LogP contribution in [-0.4, -0.2) is 18.9 Å². The van der Waals surface area contributed by atoms with Gasteiger partial charge in [0, 0.05) is 5.56 Å². The highest BCUT2D eigenvalue weighted by Crippen LogP contribution is 2.24. The van der Waals surface area contributed by atoms with Gasteiger partial charge < -0.3 is 13.9 Å². The molecule has 0 fully saturated rings. The second kappa shape index (κ2) is 8.19. The summed E-state index contributed by atoms with van der Waals surface area (Å²) in [6.45, 7) is 1.86. The van der Waals surface area contributed by atoms with Crippen LogP contribution in [0.4, 0.5) is 0 Å². The van der Waals surface area contributed by atoms with E-state index < -0.39 is 5.97 Å². The number of carbonyl (C=O) groups is 2. The van der Waals surface area contributed by atoms with Gasteiger partial charge in [-0.15, -0.1) is 0 Å². The lowest BCUT2D eigenvalue weighted by atomic mass is 10.0. The van der Waals surface area contributed by atoms with E-state index in [1.165, 1.54) is 18.4 Å². The predicted octanol–water partition coefficient (Wildman–Crippen LogP) is 4.71. The lowest BCUT2D eigenvalue weighted by Crippen LogP contribution is -2.10. The summed E-state index contributed by atoms with van der Waals surface area (Å²) in [5.41, 5.74) is 1.94. The fourth-order valence-corrected chi connectivity index (χ4v) is 2.53. The minimum atomic E-state index is -0.661. The number of rotatable bonds is 6. The molecule has 27 heavy (non-hydrogen) atoms. The molecule has 0 aliphatic rings. The summed E-state index contributed by atoms with van der Waals surface area (Å²) < 4.78 is 15.7. The SMILES string of the molecule is COc1ccccc1C=CC(=O)c1cc(C)ccc1OC(=O)c1ccco1. The van der Waals surface area contributed by atoms with Crippen LogP contribution in [0.5, 0.6) is 11.5 Å². The first-order chi connectivity index (χ1) is 13.1. The summed E-state index contributed by atoms with van der Waals surface area (Å²) >= 11 is 0. The maximum atomic E-state index is 12.7. The van der Waals surface area contributed by atoms with E-state index in [-0.39, 0.29) is 17.3 Å². The van der Waals surface area contributed by atoms with Crippen LogP contribution < -0.4 is 9.47 Å². The average molecular weight is 362 g/mol. The van der Waals surface area contributed by atoms with Gasteiger partial charge in [-0.2, -0.15) is 0 Å². The highest BCUT2D eigenvalue weighted by Gasteiger charge is 2.17. The lowest BCUT2D eigenvalue weighted by Gasteiger charge is -2.08. The van der Waals surface area contributed by atoms with Crippen LogP contribution in [0.25, 0.3) is 6.08 Å². The first-order valence-corrected chi connectivity index (χ1v) is 8.30. The van der Waals surface area contributed by atoms with Gasteiger partial charge in [-0.3, -0.25) is 4.79 Å². The molecule has 0 atom stereocenters. The molecule has 2 aromatic carbocycles. The molecular weight excluding hydrogens is 344 g/mol. The Morgan fingerprint density at radius 2 is 1.81 bits per heavy atom. The number of ether oxygens (including phenoxy) is 2. The molecule has 0 bridgehead atoms. The van der Waals surface area contributed by atoms with Crippen molar-refractivity contribution >= 4 is 17.8 Å². The molecule has 0 unspecified atom stereocenters. The molecule has 1 heterocycles. The molecule has 0 saturated carbocycles. The monoisotopic (exact) mass is 362 g/mol. The molecule has 3 rings (SSSR count). The van der Waals surface area contributed by atoms with Gasteiger partial charge in [-0.05, 0) is 49.4 Å². The molecule has 0 N–H and O–H groups in total. The Balaban J connectivity index is 1.86. The lowest BCUT2D eigenvalue weighted by molar-refractivity contribution is 0.0699. The Morgan fingerprint density at radius 3 is 2.56 bits per heavy atom. The Labute approximate surface area is 156 Å². The third kappa shape index (κ3) is 4.33. The van der Waals surface area contributed by atoms with Crippen LogP contribution >= 0.6 is 0 Å². The van der Waals surface area contributed by atoms with Crippen LogP contribution in [0, 0.1) is 6.92 Å². The molecule has 136 valence electrons. The summed E-state index contributed by atoms with van der Waals surface area (Å²) in [7, 11) is 1.57. The minimum Gasteiger partial charge on any atom is -0.496 e. The fourth-order valence-electron chi connectivity index (χ4n) is 2.53. The van der Waals surface area contributed by atoms with E-state index in [9.17, 15) is 9.59 Å². The highest BCUT2D eigenvalue weighted by atomic mass is 16.5. The van der Waals surface area contributed by atoms with Gasteiger partial charge in [0.05, 0.1) is 18.9 Å². The van der Waals surface area contributed by atoms with Gasteiger partial charge in [0.15, 0.2) is 5.78 Å². The maximum Gasteiger partial charge on any atom is 0.379 e. The van der Waals surface area contributed by atoms with Crippen LogP contribution in [0.15, 0.2) is 71.4 Å². The van der Waals surface area contributed by atoms with Gasteiger partial charge >= 0.3 is 5.97 Å². The third-order valence-corrected chi connectivity index (χ3v) is 3.88. The Morgan fingerprint density at radius 1 is 1.00 bits per heavy atom. The normalized spacial score (nSPS) is 10.7. The van der Waals surface area contributed by atoms with E-state index in [2.05, 4.69) is 0 Å². The number of carbonyl (C=O) groups excluding carboxylic acids is 2. The minimum absolute atomic E-state index is 0.0681. The number of esters is 1. The number of allylic oxidation sites excluding steroid dienone is 1. The molecule has 0 radical (unpaired) electrons. The van der Waals surface area contributed by atoms with E-state index in [0.717, 1.165) is 11.1 Å². The fraction of sp³-hybridized carbons (Fsp3) is 0.0909. The largest absolute Gasteiger partial charge is 0.496 e. The number of hydrogen-bond acceptors (Lipinski definition) is 5. The Hall–Kier alpha value is -3.60. The zero-order chi connectivity index (χ0) is 19.2. The van der Waals surface area contributed by atoms with Gasteiger partial charge in [-0.1, -0.05) is 29.8 Å². The zero-order valence-electron chi connectivity index (χ0n) is 15.0. The average Bonchev–Trinajstić information content (AvgIpc) is 3.22. The first-order valence-electron chi connectivity index (χ1n) is 8.30. The van der Waals surface area contributed by atoms with E-state index in [1.54, 1.807) is 37.5 Å². The molecule has 5 heteroatoms. The van der Waals surface area contributed by atoms with E-state index in [1.807, 2.05) is 31.2 Å². The molecule has 0 saturated heterocycles. The van der Waals surface area contributed by atoms with E-state index in [4.69, 9.17) is 13.9 Å². The van der Waals surface area contributed by atoms with Crippen molar-refractivity contribution in [2.24, 2.45) is 0 Å². The van der Waals surface area contributed by atoms with E-state index in [0.29, 0.717) is 11.3 Å². The second-order valence-corrected chi connectivity index (χ2v) is 5.81. The molecule has 0 amide bonds. The van der Waals surface area contributed by atoms with Crippen molar-refractivity contribution in [1.82, 2.24) is 0 Å². The number of hydrogen-bond donors (Lipinski definition) is 0. The summed E-state index contributed by atoms with van der Waals surface area (Å²) in [6, 6.07) is 15.5. The number of benzene rings is 2. The van der Waals surface area contributed by atoms with Crippen molar-refractivity contribution in [3.63, 3.8) is 0 Å². The standard InChI is InChI=1S/C22H18O5/c1-15-9-12-20(27-22(24)21-8-5-13-26-21)17(14-15)18(23)11-10-16-6-3-4-7-19(16)25-2/h3-14H,1-2H3. The number of ketones is 1. The Kier molecular flexibility index (Phi) is 5.52. The maximum absolute atomic E-state index is 12.7. The Bertz CT molecular complexity index is 984. The topological polar surface area (TPSA) is 65.7 Å². The smallest absolute Gasteiger partial charge is 0.379 e. The van der Waals surface area contributed by atoms with Crippen LogP contribution in [0.2, 0.25) is 0 Å². The van der Waals surface area contributed by atoms with Gasteiger partial charge in [0.25, 0.3) is 0 Å². The van der Waals surface area contributed by atoms with Crippen LogP contribution in [0.1, 0.15) is 32.0 Å². The predicted molar refractivity (Wildman–Crippen MR) is 101 cm³/mol. The molecule has 3 aromatic rings. The molecular formula is C22H18O5. The van der Waals surface area contributed by atoms with Gasteiger partial charge in [-0.25, -0.2) is 4.79 Å². The number of furan rings is 1. The summed E-state index contributed by atoms with van der Waals surface area (Å²) in [4.78, 5) is 24.9. The van der Waals surface area contributed by atoms with Crippen LogP contribution in [0.3, 0.4) is 0 Å². The van der Waals surface area contributed by atoms with Crippen molar-refractivity contribution in [3.05, 3.63) is 89.4 Å². The quantitative estimate of drug-likeness (QED) is 0.275. The van der Waals surface area contributed by atoms with Crippen molar-refractivity contribution in [2.75, 3.05) is 7.11 Å². The third-order valence-electron chi connectivity index (χ3n) is 3.88. The van der Waals surface area contributed by atoms with Gasteiger partial charge in [0.1, 0.15) is 11.5 Å². The molecule has 0 aliphatic heterocycles. The van der Waals surface area contributed by atoms with Crippen molar-refractivity contribution in [2.45, 2.75) is 6.92 Å². The van der Waals surface area contributed by atoms with Gasteiger partial charge in [0.2, 0.25) is 5.76 Å². The summed E-state index contributed by atoms with van der Waals surface area (Å²) in [5, 5.41) is 0. The van der Waals surface area contributed by atoms with Crippen molar-refractivity contribution < 1.29 is 23.5 Å². The number of methoxy groups -OCH3 is 1. The highest BCUT2D eigenvalue weighted by molar-refractivity contribution is 6.09.